The maximum atomic E-state index is 5.91. The Bertz CT molecular complexity index is 337. The molecule has 0 amide bonds. The number of ether oxygens (including phenoxy) is 1. The fourth-order valence-electron chi connectivity index (χ4n) is 1.96. The first-order chi connectivity index (χ1) is 8.71. The average molecular weight is 250 g/mol. The molecular weight excluding hydrogens is 224 g/mol. The molecule has 0 aliphatic carbocycles. The van der Waals surface area contributed by atoms with Gasteiger partial charge in [0, 0.05) is 31.4 Å². The summed E-state index contributed by atoms with van der Waals surface area (Å²) in [7, 11) is 0. The number of hydrogen-bond acceptors (Lipinski definition) is 3. The molecule has 0 aromatic heterocycles. The second-order valence-electron chi connectivity index (χ2n) is 4.41. The zero-order valence-electron chi connectivity index (χ0n) is 12.1. The fraction of sp³-hybridized carbons (Fsp3) is 0.600. The molecule has 1 atom stereocenters. The minimum Gasteiger partial charge on any atom is -0.489 e. The zero-order valence-corrected chi connectivity index (χ0v) is 12.1. The van der Waals surface area contributed by atoms with Crippen molar-refractivity contribution in [2.24, 2.45) is 0 Å². The van der Waals surface area contributed by atoms with Crippen molar-refractivity contribution in [3.05, 3.63) is 24.3 Å². The fourth-order valence-corrected chi connectivity index (χ4v) is 1.96. The van der Waals surface area contributed by atoms with Crippen LogP contribution in [0.15, 0.2) is 24.3 Å². The van der Waals surface area contributed by atoms with Gasteiger partial charge >= 0.3 is 0 Å². The molecule has 1 N–H and O–H groups in total. The summed E-state index contributed by atoms with van der Waals surface area (Å²) < 4.78 is 5.91. The van der Waals surface area contributed by atoms with Gasteiger partial charge in [0.25, 0.3) is 0 Å². The first-order valence-electron chi connectivity index (χ1n) is 6.93. The zero-order chi connectivity index (χ0) is 13.4. The third-order valence-electron chi connectivity index (χ3n) is 2.97. The molecule has 1 rings (SSSR count). The van der Waals surface area contributed by atoms with Crippen molar-refractivity contribution in [2.45, 2.75) is 33.8 Å². The van der Waals surface area contributed by atoms with E-state index in [1.165, 1.54) is 5.69 Å². The molecule has 1 aromatic rings. The van der Waals surface area contributed by atoms with E-state index < -0.39 is 0 Å². The predicted molar refractivity (Wildman–Crippen MR) is 78.6 cm³/mol. The van der Waals surface area contributed by atoms with Crippen LogP contribution in [0.2, 0.25) is 0 Å². The second-order valence-corrected chi connectivity index (χ2v) is 4.41. The maximum Gasteiger partial charge on any atom is 0.121 e. The summed E-state index contributed by atoms with van der Waals surface area (Å²) in [6.45, 7) is 12.4. The van der Waals surface area contributed by atoms with Crippen molar-refractivity contribution in [1.29, 1.82) is 0 Å². The lowest BCUT2D eigenvalue weighted by atomic mass is 10.2. The maximum absolute atomic E-state index is 5.91. The molecule has 1 unspecified atom stereocenters. The lowest BCUT2D eigenvalue weighted by Crippen LogP contribution is -2.28. The molecule has 18 heavy (non-hydrogen) atoms. The number of likely N-dealkylation sites (N-methyl/N-ethyl adjacent to an activating group) is 1. The quantitative estimate of drug-likeness (QED) is 0.768. The summed E-state index contributed by atoms with van der Waals surface area (Å²) in [4.78, 5) is 2.32. The molecule has 0 saturated carbocycles. The number of benzene rings is 1. The van der Waals surface area contributed by atoms with Crippen LogP contribution in [0.25, 0.3) is 0 Å². The Kier molecular flexibility index (Phi) is 6.58. The highest BCUT2D eigenvalue weighted by molar-refractivity contribution is 5.50. The molecule has 0 heterocycles. The van der Waals surface area contributed by atoms with Gasteiger partial charge < -0.3 is 15.0 Å². The summed E-state index contributed by atoms with van der Waals surface area (Å²) in [5.74, 6) is 0.949. The third kappa shape index (κ3) is 4.57. The standard InChI is InChI=1S/C15H26N2O/c1-5-16-12-13(4)18-15-10-8-9-14(11-15)17(6-2)7-3/h8-11,13,16H,5-7,12H2,1-4H3. The molecule has 0 fully saturated rings. The van der Waals surface area contributed by atoms with Gasteiger partial charge in [-0.15, -0.1) is 0 Å². The summed E-state index contributed by atoms with van der Waals surface area (Å²) >= 11 is 0. The Morgan fingerprint density at radius 3 is 2.56 bits per heavy atom. The van der Waals surface area contributed by atoms with E-state index in [1.54, 1.807) is 0 Å². The Labute approximate surface area is 111 Å². The van der Waals surface area contributed by atoms with Crippen molar-refractivity contribution in [2.75, 3.05) is 31.1 Å². The number of nitrogens with zero attached hydrogens (tertiary/aromatic N) is 1. The van der Waals surface area contributed by atoms with Gasteiger partial charge in [0.15, 0.2) is 0 Å². The summed E-state index contributed by atoms with van der Waals surface area (Å²) in [6, 6.07) is 8.34. The molecule has 0 saturated heterocycles. The molecule has 102 valence electrons. The van der Waals surface area contributed by atoms with Crippen LogP contribution in [0, 0.1) is 0 Å². The van der Waals surface area contributed by atoms with Gasteiger partial charge in [-0.1, -0.05) is 13.0 Å². The normalized spacial score (nSPS) is 12.2. The Hall–Kier alpha value is -1.22. The monoisotopic (exact) mass is 250 g/mol. The first-order valence-corrected chi connectivity index (χ1v) is 6.93. The average Bonchev–Trinajstić information content (AvgIpc) is 2.38. The lowest BCUT2D eigenvalue weighted by molar-refractivity contribution is 0.218. The predicted octanol–water partition coefficient (Wildman–Crippen LogP) is 2.91. The van der Waals surface area contributed by atoms with Crippen LogP contribution < -0.4 is 15.0 Å². The van der Waals surface area contributed by atoms with Crippen LogP contribution >= 0.6 is 0 Å². The highest BCUT2D eigenvalue weighted by atomic mass is 16.5. The topological polar surface area (TPSA) is 24.5 Å². The van der Waals surface area contributed by atoms with E-state index in [-0.39, 0.29) is 6.10 Å². The molecule has 0 spiro atoms. The number of hydrogen-bond donors (Lipinski definition) is 1. The van der Waals surface area contributed by atoms with Crippen molar-refractivity contribution in [3.63, 3.8) is 0 Å². The van der Waals surface area contributed by atoms with Gasteiger partial charge in [-0.05, 0) is 39.4 Å². The largest absolute Gasteiger partial charge is 0.489 e. The third-order valence-corrected chi connectivity index (χ3v) is 2.97. The van der Waals surface area contributed by atoms with E-state index in [1.807, 2.05) is 6.07 Å². The second kappa shape index (κ2) is 7.98. The van der Waals surface area contributed by atoms with Gasteiger partial charge in [-0.3, -0.25) is 0 Å². The van der Waals surface area contributed by atoms with Gasteiger partial charge in [0.2, 0.25) is 0 Å². The van der Waals surface area contributed by atoms with Crippen LogP contribution in [-0.4, -0.2) is 32.3 Å². The van der Waals surface area contributed by atoms with Gasteiger partial charge in [0.05, 0.1) is 0 Å². The van der Waals surface area contributed by atoms with E-state index in [9.17, 15) is 0 Å². The minimum absolute atomic E-state index is 0.192. The van der Waals surface area contributed by atoms with Crippen molar-refractivity contribution in [3.8, 4) is 5.75 Å². The molecule has 0 aliphatic rings. The number of nitrogens with one attached hydrogen (secondary N) is 1. The van der Waals surface area contributed by atoms with Crippen LogP contribution in [0.3, 0.4) is 0 Å². The van der Waals surface area contributed by atoms with E-state index >= 15 is 0 Å². The number of rotatable bonds is 8. The lowest BCUT2D eigenvalue weighted by Gasteiger charge is -2.22. The molecular formula is C15H26N2O. The van der Waals surface area contributed by atoms with E-state index in [4.69, 9.17) is 4.74 Å². The SMILES string of the molecule is CCNCC(C)Oc1cccc(N(CC)CC)c1. The van der Waals surface area contributed by atoms with Crippen LogP contribution in [-0.2, 0) is 0 Å². The Morgan fingerprint density at radius 1 is 1.22 bits per heavy atom. The van der Waals surface area contributed by atoms with Crippen molar-refractivity contribution >= 4 is 5.69 Å². The highest BCUT2D eigenvalue weighted by Gasteiger charge is 2.06. The molecule has 0 aliphatic heterocycles. The van der Waals surface area contributed by atoms with E-state index in [0.29, 0.717) is 0 Å². The summed E-state index contributed by atoms with van der Waals surface area (Å²) in [6.07, 6.45) is 0.192. The van der Waals surface area contributed by atoms with Crippen molar-refractivity contribution < 1.29 is 4.74 Å². The molecule has 3 heteroatoms. The molecule has 3 nitrogen and oxygen atoms in total. The van der Waals surface area contributed by atoms with E-state index in [0.717, 1.165) is 31.9 Å². The van der Waals surface area contributed by atoms with Crippen molar-refractivity contribution in [1.82, 2.24) is 5.32 Å². The smallest absolute Gasteiger partial charge is 0.121 e. The molecule has 0 radical (unpaired) electrons. The van der Waals surface area contributed by atoms with Crippen LogP contribution in [0.4, 0.5) is 5.69 Å². The summed E-state index contributed by atoms with van der Waals surface area (Å²) in [5, 5.41) is 3.29. The van der Waals surface area contributed by atoms with Crippen LogP contribution in [0.1, 0.15) is 27.7 Å². The molecule has 1 aromatic carbocycles. The van der Waals surface area contributed by atoms with Crippen LogP contribution in [0.5, 0.6) is 5.75 Å². The first kappa shape index (κ1) is 14.8. The van der Waals surface area contributed by atoms with Gasteiger partial charge in [-0.2, -0.15) is 0 Å². The Morgan fingerprint density at radius 2 is 1.94 bits per heavy atom. The minimum atomic E-state index is 0.192. The summed E-state index contributed by atoms with van der Waals surface area (Å²) in [5.41, 5.74) is 1.23. The van der Waals surface area contributed by atoms with Gasteiger partial charge in [0.1, 0.15) is 11.9 Å². The van der Waals surface area contributed by atoms with Gasteiger partial charge in [-0.25, -0.2) is 0 Å². The molecule has 0 bridgehead atoms. The number of anilines is 1. The van der Waals surface area contributed by atoms with E-state index in [2.05, 4.69) is 56.1 Å². The Balaban J connectivity index is 2.64. The highest BCUT2D eigenvalue weighted by Crippen LogP contribution is 2.21.